The van der Waals surface area contributed by atoms with Gasteiger partial charge in [0, 0.05) is 20.0 Å². The van der Waals surface area contributed by atoms with E-state index in [1.807, 2.05) is 0 Å². The summed E-state index contributed by atoms with van der Waals surface area (Å²) in [6.45, 7) is 4.18. The van der Waals surface area contributed by atoms with Crippen LogP contribution >= 0.6 is 0 Å². The van der Waals surface area contributed by atoms with E-state index in [0.717, 1.165) is 18.8 Å². The second-order valence-corrected chi connectivity index (χ2v) is 5.86. The van der Waals surface area contributed by atoms with Gasteiger partial charge in [-0.15, -0.1) is 0 Å². The summed E-state index contributed by atoms with van der Waals surface area (Å²) in [6.07, 6.45) is 5.34. The molecule has 0 saturated heterocycles. The third kappa shape index (κ3) is 4.67. The number of carboxylic acids is 1. The Bertz CT molecular complexity index is 303. The normalized spacial score (nSPS) is 25.5. The van der Waals surface area contributed by atoms with Gasteiger partial charge in [-0.2, -0.15) is 0 Å². The Labute approximate surface area is 109 Å². The molecule has 0 aromatic rings. The van der Waals surface area contributed by atoms with Crippen molar-refractivity contribution in [3.63, 3.8) is 0 Å². The van der Waals surface area contributed by atoms with Crippen LogP contribution in [0.15, 0.2) is 0 Å². The van der Waals surface area contributed by atoms with Crippen LogP contribution in [0.1, 0.15) is 46.0 Å². The molecule has 1 aliphatic carbocycles. The first kappa shape index (κ1) is 15.0. The molecule has 0 aromatic carbocycles. The van der Waals surface area contributed by atoms with Gasteiger partial charge >= 0.3 is 5.97 Å². The maximum absolute atomic E-state index is 12.0. The van der Waals surface area contributed by atoms with E-state index in [1.165, 1.54) is 12.8 Å². The van der Waals surface area contributed by atoms with Gasteiger partial charge < -0.3 is 10.0 Å². The fourth-order valence-electron chi connectivity index (χ4n) is 2.74. The Morgan fingerprint density at radius 1 is 1.39 bits per heavy atom. The van der Waals surface area contributed by atoms with Gasteiger partial charge in [-0.05, 0) is 24.7 Å². The number of aliphatic carboxylic acids is 1. The Morgan fingerprint density at radius 2 is 2.06 bits per heavy atom. The first-order valence-electron chi connectivity index (χ1n) is 6.87. The molecule has 3 atom stereocenters. The number of nitrogens with zero attached hydrogens (tertiary/aromatic N) is 1. The molecule has 4 heteroatoms. The fourth-order valence-corrected chi connectivity index (χ4v) is 2.74. The molecule has 3 unspecified atom stereocenters. The summed E-state index contributed by atoms with van der Waals surface area (Å²) in [7, 11) is 1.70. The van der Waals surface area contributed by atoms with Gasteiger partial charge in [-0.1, -0.05) is 26.7 Å². The molecule has 0 heterocycles. The topological polar surface area (TPSA) is 57.6 Å². The molecular formula is C14H25NO3. The highest BCUT2D eigenvalue weighted by Crippen LogP contribution is 2.30. The number of carboxylic acid groups (broad SMARTS) is 1. The third-order valence-electron chi connectivity index (χ3n) is 3.90. The van der Waals surface area contributed by atoms with E-state index in [0.29, 0.717) is 18.9 Å². The Kier molecular flexibility index (Phi) is 5.63. The van der Waals surface area contributed by atoms with Gasteiger partial charge in [-0.3, -0.25) is 9.59 Å². The molecule has 0 bridgehead atoms. The maximum atomic E-state index is 12.0. The molecule has 104 valence electrons. The van der Waals surface area contributed by atoms with Crippen LogP contribution < -0.4 is 0 Å². The Balaban J connectivity index is 2.37. The average molecular weight is 255 g/mol. The molecule has 0 aliphatic heterocycles. The molecule has 0 aromatic heterocycles. The highest BCUT2D eigenvalue weighted by molar-refractivity contribution is 5.77. The number of hydrogen-bond acceptors (Lipinski definition) is 2. The van der Waals surface area contributed by atoms with Crippen molar-refractivity contribution < 1.29 is 14.7 Å². The lowest BCUT2D eigenvalue weighted by Crippen LogP contribution is -2.35. The van der Waals surface area contributed by atoms with Crippen molar-refractivity contribution in [1.82, 2.24) is 4.90 Å². The van der Waals surface area contributed by atoms with E-state index in [-0.39, 0.29) is 5.91 Å². The van der Waals surface area contributed by atoms with Gasteiger partial charge in [0.1, 0.15) is 0 Å². The van der Waals surface area contributed by atoms with Crippen molar-refractivity contribution in [1.29, 1.82) is 0 Å². The van der Waals surface area contributed by atoms with Gasteiger partial charge in [0.2, 0.25) is 5.91 Å². The molecule has 18 heavy (non-hydrogen) atoms. The van der Waals surface area contributed by atoms with E-state index < -0.39 is 11.9 Å². The lowest BCUT2D eigenvalue weighted by Gasteiger charge is -2.28. The molecular weight excluding hydrogens is 230 g/mol. The van der Waals surface area contributed by atoms with Crippen molar-refractivity contribution in [3.8, 4) is 0 Å². The SMILES string of the molecule is CC1CCCC(CC(=O)N(C)CC(C)C(=O)O)C1. The molecule has 0 spiro atoms. The summed E-state index contributed by atoms with van der Waals surface area (Å²) in [4.78, 5) is 24.3. The molecule has 4 nitrogen and oxygen atoms in total. The predicted octanol–water partition coefficient (Wildman–Crippen LogP) is 2.38. The lowest BCUT2D eigenvalue weighted by molar-refractivity contribution is -0.142. The van der Waals surface area contributed by atoms with Crippen molar-refractivity contribution >= 4 is 11.9 Å². The standard InChI is InChI=1S/C14H25NO3/c1-10-5-4-6-12(7-10)8-13(16)15(3)9-11(2)14(17)18/h10-12H,4-9H2,1-3H3,(H,17,18). The quantitative estimate of drug-likeness (QED) is 0.820. The monoisotopic (exact) mass is 255 g/mol. The van der Waals surface area contributed by atoms with Gasteiger partial charge in [0.15, 0.2) is 0 Å². The molecule has 1 rings (SSSR count). The van der Waals surface area contributed by atoms with Crippen LogP contribution in [0, 0.1) is 17.8 Å². The Hall–Kier alpha value is -1.06. The molecule has 1 N–H and O–H groups in total. The molecule has 1 amide bonds. The van der Waals surface area contributed by atoms with Crippen LogP contribution in [-0.2, 0) is 9.59 Å². The summed E-state index contributed by atoms with van der Waals surface area (Å²) in [5.74, 6) is -0.0454. The van der Waals surface area contributed by atoms with Crippen LogP contribution in [0.4, 0.5) is 0 Å². The van der Waals surface area contributed by atoms with Crippen molar-refractivity contribution in [2.24, 2.45) is 17.8 Å². The molecule has 1 fully saturated rings. The fraction of sp³-hybridized carbons (Fsp3) is 0.857. The van der Waals surface area contributed by atoms with Crippen LogP contribution in [0.2, 0.25) is 0 Å². The van der Waals surface area contributed by atoms with Gasteiger partial charge in [0.05, 0.1) is 5.92 Å². The summed E-state index contributed by atoms with van der Waals surface area (Å²) >= 11 is 0. The van der Waals surface area contributed by atoms with Crippen LogP contribution in [0.3, 0.4) is 0 Å². The van der Waals surface area contributed by atoms with Crippen LogP contribution in [0.25, 0.3) is 0 Å². The summed E-state index contributed by atoms with van der Waals surface area (Å²) in [5.41, 5.74) is 0. The second-order valence-electron chi connectivity index (χ2n) is 5.86. The van der Waals surface area contributed by atoms with Gasteiger partial charge in [-0.25, -0.2) is 0 Å². The van der Waals surface area contributed by atoms with E-state index in [4.69, 9.17) is 5.11 Å². The van der Waals surface area contributed by atoms with Gasteiger partial charge in [0.25, 0.3) is 0 Å². The zero-order valence-corrected chi connectivity index (χ0v) is 11.7. The number of rotatable bonds is 5. The van der Waals surface area contributed by atoms with Crippen molar-refractivity contribution in [3.05, 3.63) is 0 Å². The maximum Gasteiger partial charge on any atom is 0.308 e. The Morgan fingerprint density at radius 3 is 2.61 bits per heavy atom. The third-order valence-corrected chi connectivity index (χ3v) is 3.90. The van der Waals surface area contributed by atoms with Crippen LogP contribution in [0.5, 0.6) is 0 Å². The molecule has 1 aliphatic rings. The van der Waals surface area contributed by atoms with Crippen molar-refractivity contribution in [2.75, 3.05) is 13.6 Å². The number of carbonyl (C=O) groups is 2. The zero-order chi connectivity index (χ0) is 13.7. The minimum absolute atomic E-state index is 0.0854. The number of amides is 1. The largest absolute Gasteiger partial charge is 0.481 e. The first-order chi connectivity index (χ1) is 8.40. The zero-order valence-electron chi connectivity index (χ0n) is 11.7. The smallest absolute Gasteiger partial charge is 0.308 e. The average Bonchev–Trinajstić information content (AvgIpc) is 2.28. The minimum Gasteiger partial charge on any atom is -0.481 e. The highest BCUT2D eigenvalue weighted by Gasteiger charge is 2.24. The summed E-state index contributed by atoms with van der Waals surface area (Å²) in [6, 6.07) is 0. The first-order valence-corrected chi connectivity index (χ1v) is 6.87. The minimum atomic E-state index is -0.846. The van der Waals surface area contributed by atoms with Crippen LogP contribution in [-0.4, -0.2) is 35.5 Å². The number of hydrogen-bond donors (Lipinski definition) is 1. The summed E-state index contributed by atoms with van der Waals surface area (Å²) < 4.78 is 0. The predicted molar refractivity (Wildman–Crippen MR) is 70.2 cm³/mol. The molecule has 0 radical (unpaired) electrons. The highest BCUT2D eigenvalue weighted by atomic mass is 16.4. The van der Waals surface area contributed by atoms with E-state index in [9.17, 15) is 9.59 Å². The lowest BCUT2D eigenvalue weighted by atomic mass is 9.80. The number of carbonyl (C=O) groups excluding carboxylic acids is 1. The summed E-state index contributed by atoms with van der Waals surface area (Å²) in [5, 5.41) is 8.83. The second kappa shape index (κ2) is 6.76. The van der Waals surface area contributed by atoms with E-state index >= 15 is 0 Å². The molecule has 1 saturated carbocycles. The van der Waals surface area contributed by atoms with E-state index in [2.05, 4.69) is 6.92 Å². The van der Waals surface area contributed by atoms with E-state index in [1.54, 1.807) is 18.9 Å². The van der Waals surface area contributed by atoms with Crippen molar-refractivity contribution in [2.45, 2.75) is 46.0 Å².